The van der Waals surface area contributed by atoms with Crippen molar-refractivity contribution >= 4 is 32.3 Å². The number of hydrogen-bond donors (Lipinski definition) is 2. The normalized spacial score (nSPS) is 11.1. The van der Waals surface area contributed by atoms with Crippen molar-refractivity contribution in [3.05, 3.63) is 53.7 Å². The molecule has 0 saturated carbocycles. The quantitative estimate of drug-likeness (QED) is 0.678. The van der Waals surface area contributed by atoms with Gasteiger partial charge in [-0.25, -0.2) is 8.42 Å². The lowest BCUT2D eigenvalue weighted by Gasteiger charge is -2.05. The fourth-order valence-electron chi connectivity index (χ4n) is 2.91. The van der Waals surface area contributed by atoms with Crippen molar-refractivity contribution < 1.29 is 13.2 Å². The molecule has 0 unspecified atom stereocenters. The van der Waals surface area contributed by atoms with Crippen molar-refractivity contribution in [2.24, 2.45) is 0 Å². The van der Waals surface area contributed by atoms with Crippen LogP contribution in [0.4, 0.5) is 11.4 Å². The van der Waals surface area contributed by atoms with Gasteiger partial charge in [-0.2, -0.15) is 0 Å². The molecule has 1 heterocycles. The maximum atomic E-state index is 11.3. The first kappa shape index (κ1) is 18.7. The Morgan fingerprint density at radius 2 is 1.85 bits per heavy atom. The van der Waals surface area contributed by atoms with E-state index in [2.05, 4.69) is 21.1 Å². The summed E-state index contributed by atoms with van der Waals surface area (Å²) in [7, 11) is -1.66. The summed E-state index contributed by atoms with van der Waals surface area (Å²) in [5.74, 6) is 7.02. The second-order valence-corrected chi connectivity index (χ2v) is 7.84. The van der Waals surface area contributed by atoms with Crippen LogP contribution in [0.2, 0.25) is 0 Å². The highest BCUT2D eigenvalue weighted by Gasteiger charge is 2.13. The molecule has 0 amide bonds. The highest BCUT2D eigenvalue weighted by molar-refractivity contribution is 7.92. The number of nitrogens with two attached hydrogens (primary N) is 1. The lowest BCUT2D eigenvalue weighted by molar-refractivity contribution is 0.415. The Balaban J connectivity index is 1.99. The summed E-state index contributed by atoms with van der Waals surface area (Å²) in [5.41, 5.74) is 9.95. The second kappa shape index (κ2) is 7.25. The summed E-state index contributed by atoms with van der Waals surface area (Å²) >= 11 is 0. The largest absolute Gasteiger partial charge is 0.497 e. The van der Waals surface area contributed by atoms with Crippen LogP contribution in [0, 0.1) is 11.8 Å². The molecule has 0 bridgehead atoms. The molecule has 0 fully saturated rings. The van der Waals surface area contributed by atoms with Crippen LogP contribution in [0.25, 0.3) is 10.9 Å². The van der Waals surface area contributed by atoms with Crippen LogP contribution in [0.15, 0.2) is 42.5 Å². The van der Waals surface area contributed by atoms with E-state index in [0.29, 0.717) is 11.4 Å². The Morgan fingerprint density at radius 1 is 1.15 bits per heavy atom. The number of sulfonamides is 1. The predicted molar refractivity (Wildman–Crippen MR) is 109 cm³/mol. The molecule has 140 valence electrons. The Kier molecular flexibility index (Phi) is 5.02. The van der Waals surface area contributed by atoms with E-state index in [0.717, 1.165) is 40.7 Å². The Bertz CT molecular complexity index is 1150. The number of nitrogens with one attached hydrogen (secondary N) is 1. The van der Waals surface area contributed by atoms with Crippen LogP contribution >= 0.6 is 0 Å². The molecule has 2 aromatic carbocycles. The lowest BCUT2D eigenvalue weighted by atomic mass is 10.2. The number of benzene rings is 2. The van der Waals surface area contributed by atoms with Crippen molar-refractivity contribution in [2.75, 3.05) is 23.8 Å². The number of rotatable bonds is 4. The summed E-state index contributed by atoms with van der Waals surface area (Å²) < 4.78 is 32.3. The van der Waals surface area contributed by atoms with Gasteiger partial charge in [0.2, 0.25) is 10.0 Å². The van der Waals surface area contributed by atoms with E-state index in [1.54, 1.807) is 31.4 Å². The number of nitrogens with zero attached hydrogens (tertiary/aromatic N) is 1. The van der Waals surface area contributed by atoms with Crippen molar-refractivity contribution in [3.8, 4) is 17.6 Å². The standard InChI is InChI=1S/C20H21N3O3S/c1-4-23-18(20(21)17-11-10-16(26-2)13-19(17)23)12-7-14-5-8-15(9-6-14)22-27(3,24)25/h5-6,8-11,13,22H,4,21H2,1-3H3. The van der Waals surface area contributed by atoms with Gasteiger partial charge in [-0.3, -0.25) is 4.72 Å². The molecule has 0 spiro atoms. The third-order valence-electron chi connectivity index (χ3n) is 4.14. The van der Waals surface area contributed by atoms with E-state index >= 15 is 0 Å². The number of fused-ring (bicyclic) bond motifs is 1. The number of aromatic nitrogens is 1. The van der Waals surface area contributed by atoms with Crippen molar-refractivity contribution in [1.29, 1.82) is 0 Å². The number of nitrogen functional groups attached to an aromatic ring is 1. The smallest absolute Gasteiger partial charge is 0.229 e. The molecular weight excluding hydrogens is 362 g/mol. The summed E-state index contributed by atoms with van der Waals surface area (Å²) in [4.78, 5) is 0. The monoisotopic (exact) mass is 383 g/mol. The minimum absolute atomic E-state index is 0.498. The zero-order valence-electron chi connectivity index (χ0n) is 15.4. The van der Waals surface area contributed by atoms with Crippen LogP contribution in [0.3, 0.4) is 0 Å². The number of aryl methyl sites for hydroxylation is 1. The molecule has 0 atom stereocenters. The molecule has 0 saturated heterocycles. The first-order chi connectivity index (χ1) is 12.8. The van der Waals surface area contributed by atoms with Crippen molar-refractivity contribution in [3.63, 3.8) is 0 Å². The molecule has 1 aromatic heterocycles. The molecule has 3 aromatic rings. The zero-order chi connectivity index (χ0) is 19.6. The van der Waals surface area contributed by atoms with Crippen LogP contribution in [0.5, 0.6) is 5.75 Å². The van der Waals surface area contributed by atoms with Gasteiger partial charge in [0.25, 0.3) is 0 Å². The molecule has 0 aliphatic rings. The number of ether oxygens (including phenoxy) is 1. The third kappa shape index (κ3) is 4.01. The second-order valence-electron chi connectivity index (χ2n) is 6.09. The number of methoxy groups -OCH3 is 1. The average molecular weight is 383 g/mol. The van der Waals surface area contributed by atoms with E-state index in [1.807, 2.05) is 25.1 Å². The minimum atomic E-state index is -3.30. The lowest BCUT2D eigenvalue weighted by Crippen LogP contribution is -2.09. The van der Waals surface area contributed by atoms with Gasteiger partial charge in [-0.15, -0.1) is 0 Å². The van der Waals surface area contributed by atoms with E-state index in [9.17, 15) is 8.42 Å². The SMILES string of the molecule is CCn1c(C#Cc2ccc(NS(C)(=O)=O)cc2)c(N)c2ccc(OC)cc21. The van der Waals surface area contributed by atoms with E-state index in [4.69, 9.17) is 10.5 Å². The van der Waals surface area contributed by atoms with E-state index in [1.165, 1.54) is 0 Å². The molecule has 0 aliphatic heterocycles. The van der Waals surface area contributed by atoms with Gasteiger partial charge in [-0.05, 0) is 49.2 Å². The topological polar surface area (TPSA) is 86.4 Å². The fourth-order valence-corrected chi connectivity index (χ4v) is 3.48. The van der Waals surface area contributed by atoms with Crippen LogP contribution < -0.4 is 15.2 Å². The maximum absolute atomic E-state index is 11.3. The van der Waals surface area contributed by atoms with Gasteiger partial charge in [0.15, 0.2) is 0 Å². The van der Waals surface area contributed by atoms with Gasteiger partial charge in [0.1, 0.15) is 11.4 Å². The van der Waals surface area contributed by atoms with Crippen molar-refractivity contribution in [1.82, 2.24) is 4.57 Å². The summed E-state index contributed by atoms with van der Waals surface area (Å²) in [6.07, 6.45) is 1.11. The predicted octanol–water partition coefficient (Wildman–Crippen LogP) is 3.02. The molecular formula is C20H21N3O3S. The van der Waals surface area contributed by atoms with E-state index in [-0.39, 0.29) is 0 Å². The van der Waals surface area contributed by atoms with Crippen LogP contribution in [-0.4, -0.2) is 26.4 Å². The number of anilines is 2. The van der Waals surface area contributed by atoms with Crippen molar-refractivity contribution in [2.45, 2.75) is 13.5 Å². The van der Waals surface area contributed by atoms with Gasteiger partial charge in [0, 0.05) is 29.2 Å². The summed E-state index contributed by atoms with van der Waals surface area (Å²) in [6, 6.07) is 12.6. The first-order valence-electron chi connectivity index (χ1n) is 8.38. The molecule has 0 radical (unpaired) electrons. The van der Waals surface area contributed by atoms with Crippen LogP contribution in [0.1, 0.15) is 18.2 Å². The molecule has 0 aliphatic carbocycles. The van der Waals surface area contributed by atoms with Gasteiger partial charge in [-0.1, -0.05) is 5.92 Å². The molecule has 3 N–H and O–H groups in total. The van der Waals surface area contributed by atoms with E-state index < -0.39 is 10.0 Å². The minimum Gasteiger partial charge on any atom is -0.497 e. The average Bonchev–Trinajstić information content (AvgIpc) is 2.90. The Morgan fingerprint density at radius 3 is 2.44 bits per heavy atom. The Labute approximate surface area is 159 Å². The van der Waals surface area contributed by atoms with Gasteiger partial charge in [0.05, 0.1) is 24.6 Å². The molecule has 7 heteroatoms. The zero-order valence-corrected chi connectivity index (χ0v) is 16.2. The summed E-state index contributed by atoms with van der Waals surface area (Å²) in [5, 5.41) is 0.939. The molecule has 3 rings (SSSR count). The van der Waals surface area contributed by atoms with Crippen LogP contribution in [-0.2, 0) is 16.6 Å². The number of hydrogen-bond acceptors (Lipinski definition) is 4. The highest BCUT2D eigenvalue weighted by atomic mass is 32.2. The fraction of sp³-hybridized carbons (Fsp3) is 0.200. The third-order valence-corrected chi connectivity index (χ3v) is 4.75. The Hall–Kier alpha value is -3.11. The first-order valence-corrected chi connectivity index (χ1v) is 10.3. The maximum Gasteiger partial charge on any atom is 0.229 e. The molecule has 27 heavy (non-hydrogen) atoms. The van der Waals surface area contributed by atoms with Gasteiger partial charge >= 0.3 is 0 Å². The highest BCUT2D eigenvalue weighted by Crippen LogP contribution is 2.31. The molecule has 6 nitrogen and oxygen atoms in total. The summed E-state index contributed by atoms with van der Waals surface area (Å²) in [6.45, 7) is 2.76. The van der Waals surface area contributed by atoms with Gasteiger partial charge < -0.3 is 15.0 Å².